The van der Waals surface area contributed by atoms with Gasteiger partial charge in [-0.25, -0.2) is 4.98 Å². The van der Waals surface area contributed by atoms with Crippen molar-refractivity contribution in [3.63, 3.8) is 0 Å². The molecule has 0 aliphatic carbocycles. The van der Waals surface area contributed by atoms with Crippen LogP contribution in [0.1, 0.15) is 30.5 Å². The monoisotopic (exact) mass is 347 g/mol. The summed E-state index contributed by atoms with van der Waals surface area (Å²) in [4.78, 5) is 13.5. The number of hydrogen-bond acceptors (Lipinski definition) is 5. The summed E-state index contributed by atoms with van der Waals surface area (Å²) in [6, 6.07) is 10.5. The van der Waals surface area contributed by atoms with E-state index in [1.165, 1.54) is 16.7 Å². The highest BCUT2D eigenvalue weighted by atomic mass is 15.2. The zero-order valence-electron chi connectivity index (χ0n) is 16.0. The van der Waals surface area contributed by atoms with Crippen molar-refractivity contribution in [3.05, 3.63) is 59.4 Å². The van der Waals surface area contributed by atoms with Gasteiger partial charge in [0, 0.05) is 35.8 Å². The molecule has 2 N–H and O–H groups in total. The quantitative estimate of drug-likeness (QED) is 0.678. The van der Waals surface area contributed by atoms with E-state index >= 15 is 0 Å². The van der Waals surface area contributed by atoms with Gasteiger partial charge in [0.2, 0.25) is 5.95 Å². The number of nitrogens with zero attached hydrogens (tertiary/aromatic N) is 3. The molecule has 1 aromatic carbocycles. The molecule has 0 bridgehead atoms. The summed E-state index contributed by atoms with van der Waals surface area (Å²) in [5.41, 5.74) is 6.53. The third-order valence-electron chi connectivity index (χ3n) is 4.03. The standard InChI is InChI=1S/C21H25N5/c1-13(2)23-21-24-18(17-7-6-8-22-12-17)11-19(26-21)25-20-15(4)9-14(3)10-16(20)5/h6-13H,1-5H3,(H2,23,24,25,26). The first-order valence-electron chi connectivity index (χ1n) is 8.83. The molecule has 2 heterocycles. The Hall–Kier alpha value is -2.95. The fraction of sp³-hybridized carbons (Fsp3) is 0.286. The van der Waals surface area contributed by atoms with E-state index in [1.807, 2.05) is 24.4 Å². The van der Waals surface area contributed by atoms with E-state index in [0.717, 1.165) is 22.8 Å². The number of aromatic nitrogens is 3. The average molecular weight is 347 g/mol. The van der Waals surface area contributed by atoms with Gasteiger partial charge in [-0.1, -0.05) is 17.7 Å². The molecule has 3 aromatic rings. The first kappa shape index (κ1) is 17.9. The van der Waals surface area contributed by atoms with Crippen molar-refractivity contribution < 1.29 is 0 Å². The van der Waals surface area contributed by atoms with Gasteiger partial charge in [0.1, 0.15) is 5.82 Å². The van der Waals surface area contributed by atoms with Crippen molar-refractivity contribution in [1.82, 2.24) is 15.0 Å². The van der Waals surface area contributed by atoms with Crippen LogP contribution < -0.4 is 10.6 Å². The van der Waals surface area contributed by atoms with E-state index in [9.17, 15) is 0 Å². The van der Waals surface area contributed by atoms with Crippen LogP contribution in [0, 0.1) is 20.8 Å². The van der Waals surface area contributed by atoms with Crippen molar-refractivity contribution in [2.75, 3.05) is 10.6 Å². The van der Waals surface area contributed by atoms with Crippen LogP contribution in [-0.2, 0) is 0 Å². The molecule has 0 atom stereocenters. The molecule has 134 valence electrons. The highest BCUT2D eigenvalue weighted by Gasteiger charge is 2.10. The van der Waals surface area contributed by atoms with E-state index < -0.39 is 0 Å². The summed E-state index contributed by atoms with van der Waals surface area (Å²) in [7, 11) is 0. The first-order valence-corrected chi connectivity index (χ1v) is 8.83. The second-order valence-electron chi connectivity index (χ2n) is 6.90. The molecule has 0 spiro atoms. The molecule has 26 heavy (non-hydrogen) atoms. The van der Waals surface area contributed by atoms with E-state index in [2.05, 4.69) is 72.3 Å². The number of hydrogen-bond donors (Lipinski definition) is 2. The number of rotatable bonds is 5. The molecule has 5 heteroatoms. The summed E-state index contributed by atoms with van der Waals surface area (Å²) in [5.74, 6) is 1.36. The molecule has 0 aliphatic rings. The Kier molecular flexibility index (Phi) is 5.16. The van der Waals surface area contributed by atoms with Crippen molar-refractivity contribution in [2.24, 2.45) is 0 Å². The van der Waals surface area contributed by atoms with Crippen LogP contribution in [-0.4, -0.2) is 21.0 Å². The molecular formula is C21H25N5. The zero-order chi connectivity index (χ0) is 18.7. The summed E-state index contributed by atoms with van der Waals surface area (Å²) >= 11 is 0. The Bertz CT molecular complexity index is 881. The highest BCUT2D eigenvalue weighted by Crippen LogP contribution is 2.28. The predicted molar refractivity (Wildman–Crippen MR) is 108 cm³/mol. The number of pyridine rings is 1. The number of aryl methyl sites for hydroxylation is 3. The minimum absolute atomic E-state index is 0.245. The van der Waals surface area contributed by atoms with E-state index in [0.29, 0.717) is 5.95 Å². The Labute approximate surface area is 154 Å². The van der Waals surface area contributed by atoms with Crippen LogP contribution in [0.5, 0.6) is 0 Å². The summed E-state index contributed by atoms with van der Waals surface area (Å²) in [5, 5.41) is 6.78. The second kappa shape index (κ2) is 7.52. The molecule has 0 unspecified atom stereocenters. The smallest absolute Gasteiger partial charge is 0.225 e. The summed E-state index contributed by atoms with van der Waals surface area (Å²) in [6.45, 7) is 10.5. The molecule has 3 rings (SSSR count). The van der Waals surface area contributed by atoms with Gasteiger partial charge in [-0.15, -0.1) is 0 Å². The van der Waals surface area contributed by atoms with Gasteiger partial charge in [0.05, 0.1) is 5.69 Å². The Morgan fingerprint density at radius 3 is 2.31 bits per heavy atom. The van der Waals surface area contributed by atoms with Crippen LogP contribution >= 0.6 is 0 Å². The molecule has 0 aliphatic heterocycles. The first-order chi connectivity index (χ1) is 12.4. The van der Waals surface area contributed by atoms with Crippen LogP contribution in [0.4, 0.5) is 17.5 Å². The maximum absolute atomic E-state index is 4.65. The lowest BCUT2D eigenvalue weighted by atomic mass is 10.1. The van der Waals surface area contributed by atoms with Crippen LogP contribution in [0.25, 0.3) is 11.3 Å². The third kappa shape index (κ3) is 4.17. The van der Waals surface area contributed by atoms with Gasteiger partial charge >= 0.3 is 0 Å². The Balaban J connectivity index is 2.03. The minimum Gasteiger partial charge on any atom is -0.352 e. The van der Waals surface area contributed by atoms with Crippen LogP contribution in [0.3, 0.4) is 0 Å². The number of anilines is 3. The number of nitrogens with one attached hydrogen (secondary N) is 2. The normalized spacial score (nSPS) is 10.8. The topological polar surface area (TPSA) is 62.7 Å². The second-order valence-corrected chi connectivity index (χ2v) is 6.90. The molecule has 2 aromatic heterocycles. The Morgan fingerprint density at radius 1 is 0.962 bits per heavy atom. The van der Waals surface area contributed by atoms with Crippen molar-refractivity contribution in [1.29, 1.82) is 0 Å². The lowest BCUT2D eigenvalue weighted by Crippen LogP contribution is -2.13. The maximum atomic E-state index is 4.65. The largest absolute Gasteiger partial charge is 0.352 e. The van der Waals surface area contributed by atoms with E-state index in [-0.39, 0.29) is 6.04 Å². The van der Waals surface area contributed by atoms with E-state index in [1.54, 1.807) is 6.20 Å². The van der Waals surface area contributed by atoms with Gasteiger partial charge in [-0.2, -0.15) is 4.98 Å². The molecule has 0 fully saturated rings. The van der Waals surface area contributed by atoms with Crippen LogP contribution in [0.15, 0.2) is 42.7 Å². The minimum atomic E-state index is 0.245. The van der Waals surface area contributed by atoms with Gasteiger partial charge in [0.15, 0.2) is 0 Å². The highest BCUT2D eigenvalue weighted by molar-refractivity contribution is 5.70. The fourth-order valence-electron chi connectivity index (χ4n) is 3.00. The fourth-order valence-corrected chi connectivity index (χ4v) is 3.00. The summed E-state index contributed by atoms with van der Waals surface area (Å²) in [6.07, 6.45) is 3.57. The lowest BCUT2D eigenvalue weighted by molar-refractivity contribution is 0.875. The number of benzene rings is 1. The van der Waals surface area contributed by atoms with Gasteiger partial charge in [0.25, 0.3) is 0 Å². The lowest BCUT2D eigenvalue weighted by Gasteiger charge is -2.16. The third-order valence-corrected chi connectivity index (χ3v) is 4.03. The Morgan fingerprint density at radius 2 is 1.69 bits per heavy atom. The SMILES string of the molecule is Cc1cc(C)c(Nc2cc(-c3cccnc3)nc(NC(C)C)n2)c(C)c1. The van der Waals surface area contributed by atoms with Crippen molar-refractivity contribution in [2.45, 2.75) is 40.7 Å². The summed E-state index contributed by atoms with van der Waals surface area (Å²) < 4.78 is 0. The molecule has 5 nitrogen and oxygen atoms in total. The van der Waals surface area contributed by atoms with Crippen LogP contribution in [0.2, 0.25) is 0 Å². The predicted octanol–water partition coefficient (Wildman–Crippen LogP) is 5.03. The molecular weight excluding hydrogens is 322 g/mol. The molecule has 0 saturated heterocycles. The van der Waals surface area contributed by atoms with E-state index in [4.69, 9.17) is 0 Å². The van der Waals surface area contributed by atoms with Crippen molar-refractivity contribution in [3.8, 4) is 11.3 Å². The average Bonchev–Trinajstić information content (AvgIpc) is 2.58. The zero-order valence-corrected chi connectivity index (χ0v) is 16.0. The molecule has 0 saturated carbocycles. The maximum Gasteiger partial charge on any atom is 0.225 e. The molecule has 0 amide bonds. The van der Waals surface area contributed by atoms with Gasteiger partial charge in [-0.05, 0) is 57.9 Å². The van der Waals surface area contributed by atoms with Gasteiger partial charge < -0.3 is 10.6 Å². The van der Waals surface area contributed by atoms with Crippen molar-refractivity contribution >= 4 is 17.5 Å². The molecule has 0 radical (unpaired) electrons. The van der Waals surface area contributed by atoms with Gasteiger partial charge in [-0.3, -0.25) is 4.98 Å².